The summed E-state index contributed by atoms with van der Waals surface area (Å²) in [5.74, 6) is 0. The van der Waals surface area contributed by atoms with Crippen LogP contribution in [-0.2, 0) is 0 Å². The molecule has 1 atom stereocenters. The van der Waals surface area contributed by atoms with Gasteiger partial charge in [0.05, 0.1) is 22.5 Å². The molecule has 0 aliphatic carbocycles. The molecule has 0 spiro atoms. The zero-order chi connectivity index (χ0) is 21.1. The fourth-order valence-electron chi connectivity index (χ4n) is 5.30. The average molecular weight is 415 g/mol. The van der Waals surface area contributed by atoms with E-state index in [1.807, 2.05) is 48.8 Å². The summed E-state index contributed by atoms with van der Waals surface area (Å²) in [5, 5.41) is 0.944. The molecule has 0 radical (unpaired) electrons. The van der Waals surface area contributed by atoms with E-state index in [2.05, 4.69) is 26.9 Å². The SMILES string of the molecule is Cc1cn2cc(-c3cc4ccc(N5CCN6CCC[C@@H]6C5)cc4oc3=O)cc2c(C)n1. The number of anilines is 1. The van der Waals surface area contributed by atoms with Crippen molar-refractivity contribution in [3.8, 4) is 11.1 Å². The van der Waals surface area contributed by atoms with Crippen molar-refractivity contribution in [2.75, 3.05) is 31.1 Å². The predicted octanol–water partition coefficient (Wildman–Crippen LogP) is 4.01. The number of nitrogens with zero attached hydrogens (tertiary/aromatic N) is 4. The molecule has 0 amide bonds. The van der Waals surface area contributed by atoms with Gasteiger partial charge < -0.3 is 13.7 Å². The fourth-order valence-corrected chi connectivity index (χ4v) is 5.30. The van der Waals surface area contributed by atoms with E-state index in [9.17, 15) is 4.79 Å². The molecule has 0 bridgehead atoms. The second kappa shape index (κ2) is 6.95. The normalized spacial score (nSPS) is 19.4. The Balaban J connectivity index is 1.37. The number of benzene rings is 1. The first-order valence-corrected chi connectivity index (χ1v) is 11.1. The van der Waals surface area contributed by atoms with Gasteiger partial charge in [0, 0.05) is 60.8 Å². The van der Waals surface area contributed by atoms with Crippen LogP contribution in [-0.4, -0.2) is 46.5 Å². The van der Waals surface area contributed by atoms with Crippen LogP contribution in [0.15, 0.2) is 51.9 Å². The number of hydrogen-bond donors (Lipinski definition) is 0. The highest BCUT2D eigenvalue weighted by molar-refractivity contribution is 5.85. The number of hydrogen-bond acceptors (Lipinski definition) is 5. The maximum atomic E-state index is 12.9. The molecule has 5 heterocycles. The van der Waals surface area contributed by atoms with Crippen molar-refractivity contribution >= 4 is 22.2 Å². The van der Waals surface area contributed by atoms with Crippen molar-refractivity contribution in [1.82, 2.24) is 14.3 Å². The molecule has 0 N–H and O–H groups in total. The van der Waals surface area contributed by atoms with E-state index in [4.69, 9.17) is 4.42 Å². The topological polar surface area (TPSA) is 54.0 Å². The number of aryl methyl sites for hydroxylation is 2. The molecule has 3 aromatic heterocycles. The summed E-state index contributed by atoms with van der Waals surface area (Å²) >= 11 is 0. The van der Waals surface area contributed by atoms with E-state index in [1.165, 1.54) is 19.4 Å². The van der Waals surface area contributed by atoms with Gasteiger partial charge in [-0.05, 0) is 57.5 Å². The Morgan fingerprint density at radius 2 is 1.97 bits per heavy atom. The highest BCUT2D eigenvalue weighted by atomic mass is 16.4. The number of fused-ring (bicyclic) bond motifs is 3. The van der Waals surface area contributed by atoms with Gasteiger partial charge >= 0.3 is 5.63 Å². The van der Waals surface area contributed by atoms with Crippen molar-refractivity contribution < 1.29 is 4.42 Å². The molecule has 31 heavy (non-hydrogen) atoms. The van der Waals surface area contributed by atoms with Gasteiger partial charge in [-0.25, -0.2) is 4.79 Å². The van der Waals surface area contributed by atoms with Crippen molar-refractivity contribution in [3.05, 3.63) is 64.5 Å². The van der Waals surface area contributed by atoms with E-state index in [0.29, 0.717) is 17.2 Å². The zero-order valence-electron chi connectivity index (χ0n) is 18.0. The summed E-state index contributed by atoms with van der Waals surface area (Å²) in [6.07, 6.45) is 6.54. The molecule has 4 aromatic rings. The van der Waals surface area contributed by atoms with E-state index in [-0.39, 0.29) is 5.63 Å². The fraction of sp³-hybridized carbons (Fsp3) is 0.360. The van der Waals surface area contributed by atoms with Crippen LogP contribution < -0.4 is 10.5 Å². The third-order valence-corrected chi connectivity index (χ3v) is 6.87. The molecule has 2 saturated heterocycles. The first-order chi connectivity index (χ1) is 15.0. The maximum absolute atomic E-state index is 12.9. The molecule has 1 aromatic carbocycles. The Hall–Kier alpha value is -3.12. The highest BCUT2D eigenvalue weighted by Crippen LogP contribution is 2.29. The van der Waals surface area contributed by atoms with E-state index < -0.39 is 0 Å². The number of aromatic nitrogens is 2. The Morgan fingerprint density at radius 1 is 1.06 bits per heavy atom. The third-order valence-electron chi connectivity index (χ3n) is 6.87. The van der Waals surface area contributed by atoms with Gasteiger partial charge in [-0.3, -0.25) is 9.88 Å². The minimum atomic E-state index is -0.302. The molecule has 6 rings (SSSR count). The summed E-state index contributed by atoms with van der Waals surface area (Å²) in [5.41, 5.74) is 5.82. The Labute approximate surface area is 180 Å². The third kappa shape index (κ3) is 3.13. The van der Waals surface area contributed by atoms with Crippen LogP contribution in [0.2, 0.25) is 0 Å². The lowest BCUT2D eigenvalue weighted by Gasteiger charge is -2.38. The van der Waals surface area contributed by atoms with Crippen molar-refractivity contribution in [2.24, 2.45) is 0 Å². The van der Waals surface area contributed by atoms with Crippen LogP contribution in [0.4, 0.5) is 5.69 Å². The van der Waals surface area contributed by atoms with Crippen LogP contribution in [0.3, 0.4) is 0 Å². The first kappa shape index (κ1) is 18.6. The minimum Gasteiger partial charge on any atom is -0.422 e. The lowest BCUT2D eigenvalue weighted by Crippen LogP contribution is -2.50. The van der Waals surface area contributed by atoms with Gasteiger partial charge in [0.1, 0.15) is 5.58 Å². The van der Waals surface area contributed by atoms with E-state index in [0.717, 1.165) is 53.2 Å². The van der Waals surface area contributed by atoms with Gasteiger partial charge in [0.25, 0.3) is 0 Å². The Bertz CT molecular complexity index is 1370. The van der Waals surface area contributed by atoms with Gasteiger partial charge in [-0.2, -0.15) is 0 Å². The molecule has 2 fully saturated rings. The summed E-state index contributed by atoms with van der Waals surface area (Å²) in [7, 11) is 0. The van der Waals surface area contributed by atoms with Gasteiger partial charge in [0.2, 0.25) is 0 Å². The summed E-state index contributed by atoms with van der Waals surface area (Å²) < 4.78 is 7.83. The van der Waals surface area contributed by atoms with E-state index in [1.54, 1.807) is 0 Å². The molecule has 0 unspecified atom stereocenters. The summed E-state index contributed by atoms with van der Waals surface area (Å²) in [6, 6.07) is 10.9. The number of piperazine rings is 1. The minimum absolute atomic E-state index is 0.302. The van der Waals surface area contributed by atoms with Crippen molar-refractivity contribution in [3.63, 3.8) is 0 Å². The average Bonchev–Trinajstić information content (AvgIpc) is 3.39. The van der Waals surface area contributed by atoms with Crippen LogP contribution in [0.1, 0.15) is 24.2 Å². The Morgan fingerprint density at radius 3 is 2.87 bits per heavy atom. The van der Waals surface area contributed by atoms with Crippen LogP contribution >= 0.6 is 0 Å². The van der Waals surface area contributed by atoms with Crippen LogP contribution in [0, 0.1) is 13.8 Å². The molecule has 0 saturated carbocycles. The molecule has 2 aliphatic rings. The molecule has 6 heteroatoms. The van der Waals surface area contributed by atoms with Crippen molar-refractivity contribution in [2.45, 2.75) is 32.7 Å². The lowest BCUT2D eigenvalue weighted by molar-refractivity contribution is 0.231. The second-order valence-electron chi connectivity index (χ2n) is 8.94. The molecule has 158 valence electrons. The molecule has 2 aliphatic heterocycles. The Kier molecular flexibility index (Phi) is 4.18. The summed E-state index contributed by atoms with van der Waals surface area (Å²) in [6.45, 7) is 8.38. The van der Waals surface area contributed by atoms with Crippen molar-refractivity contribution in [1.29, 1.82) is 0 Å². The molecule has 6 nitrogen and oxygen atoms in total. The number of rotatable bonds is 2. The lowest BCUT2D eigenvalue weighted by atomic mass is 10.1. The van der Waals surface area contributed by atoms with E-state index >= 15 is 0 Å². The predicted molar refractivity (Wildman–Crippen MR) is 123 cm³/mol. The largest absolute Gasteiger partial charge is 0.422 e. The van der Waals surface area contributed by atoms with Gasteiger partial charge in [0.15, 0.2) is 0 Å². The monoisotopic (exact) mass is 414 g/mol. The maximum Gasteiger partial charge on any atom is 0.344 e. The second-order valence-corrected chi connectivity index (χ2v) is 8.94. The highest BCUT2D eigenvalue weighted by Gasteiger charge is 2.30. The first-order valence-electron chi connectivity index (χ1n) is 11.1. The zero-order valence-corrected chi connectivity index (χ0v) is 18.0. The molecular formula is C25H26N4O2. The molecular weight excluding hydrogens is 388 g/mol. The van der Waals surface area contributed by atoms with Gasteiger partial charge in [-0.1, -0.05) is 0 Å². The summed E-state index contributed by atoms with van der Waals surface area (Å²) in [4.78, 5) is 22.4. The quantitative estimate of drug-likeness (QED) is 0.464. The van der Waals surface area contributed by atoms with Crippen LogP contribution in [0.5, 0.6) is 0 Å². The smallest absolute Gasteiger partial charge is 0.344 e. The van der Waals surface area contributed by atoms with Gasteiger partial charge in [-0.15, -0.1) is 0 Å². The van der Waals surface area contributed by atoms with Crippen LogP contribution in [0.25, 0.3) is 27.6 Å². The standard InChI is InChI=1S/C25H26N4O2/c1-16-13-29-14-19(11-23(29)17(2)26-16)22-10-18-5-6-20(12-24(18)31-25(22)30)28-9-8-27-7-3-4-21(27)15-28/h5-6,10-14,21H,3-4,7-9,15H2,1-2H3/t21-/m1/s1.